The van der Waals surface area contributed by atoms with Crippen molar-refractivity contribution in [3.05, 3.63) is 71.3 Å². The third-order valence-corrected chi connectivity index (χ3v) is 4.86. The number of nitrogens with zero attached hydrogens (tertiary/aromatic N) is 2. The molecule has 0 fully saturated rings. The second-order valence-electron chi connectivity index (χ2n) is 5.97. The average Bonchev–Trinajstić information content (AvgIpc) is 2.90. The predicted molar refractivity (Wildman–Crippen MR) is 93.3 cm³/mol. The number of benzene rings is 2. The Morgan fingerprint density at radius 1 is 1.00 bits per heavy atom. The van der Waals surface area contributed by atoms with Crippen LogP contribution in [0.4, 0.5) is 0 Å². The van der Waals surface area contributed by atoms with E-state index in [1.807, 2.05) is 41.3 Å². The lowest BCUT2D eigenvalue weighted by molar-refractivity contribution is 0.0349. The zero-order valence-electron chi connectivity index (χ0n) is 14.1. The Hall–Kier alpha value is -2.13. The number of fused-ring (bicyclic) bond motifs is 1. The topological polar surface area (TPSA) is 23.6 Å². The lowest BCUT2D eigenvalue weighted by Crippen LogP contribution is -2.48. The summed E-state index contributed by atoms with van der Waals surface area (Å²) in [7, 11) is 0. The summed E-state index contributed by atoms with van der Waals surface area (Å²) in [5.41, 5.74) is 3.12. The highest BCUT2D eigenvalue weighted by atomic mass is 16.2. The van der Waals surface area contributed by atoms with Gasteiger partial charge in [-0.2, -0.15) is 0 Å². The Balaban J connectivity index is 2.09. The molecule has 3 heteroatoms. The first-order chi connectivity index (χ1) is 11.2. The van der Waals surface area contributed by atoms with Crippen LogP contribution in [0.1, 0.15) is 48.3 Å². The van der Waals surface area contributed by atoms with Crippen molar-refractivity contribution in [2.24, 2.45) is 0 Å². The molecule has 0 saturated carbocycles. The Morgan fingerprint density at radius 2 is 1.61 bits per heavy atom. The fraction of sp³-hybridized carbons (Fsp3) is 0.350. The molecule has 3 rings (SSSR count). The molecule has 120 valence electrons. The summed E-state index contributed by atoms with van der Waals surface area (Å²) in [6.07, 6.45) is 0.0649. The number of carbonyl (C=O) groups is 1. The molecule has 0 radical (unpaired) electrons. The van der Waals surface area contributed by atoms with E-state index in [1.165, 1.54) is 5.56 Å². The minimum atomic E-state index is -0.00417. The van der Waals surface area contributed by atoms with Gasteiger partial charge in [-0.05, 0) is 37.2 Å². The third-order valence-electron chi connectivity index (χ3n) is 4.86. The van der Waals surface area contributed by atoms with Crippen molar-refractivity contribution < 1.29 is 4.79 Å². The van der Waals surface area contributed by atoms with Crippen LogP contribution in [0.5, 0.6) is 0 Å². The van der Waals surface area contributed by atoms with Gasteiger partial charge in [0.1, 0.15) is 0 Å². The van der Waals surface area contributed by atoms with Crippen molar-refractivity contribution in [1.82, 2.24) is 9.80 Å². The molecule has 0 bridgehead atoms. The van der Waals surface area contributed by atoms with Crippen LogP contribution in [-0.2, 0) is 0 Å². The summed E-state index contributed by atoms with van der Waals surface area (Å²) < 4.78 is 0. The van der Waals surface area contributed by atoms with Crippen molar-refractivity contribution in [1.29, 1.82) is 0 Å². The van der Waals surface area contributed by atoms with Gasteiger partial charge in [-0.25, -0.2) is 0 Å². The van der Waals surface area contributed by atoms with E-state index in [0.717, 1.165) is 24.2 Å². The maximum Gasteiger partial charge on any atom is 0.256 e. The summed E-state index contributed by atoms with van der Waals surface area (Å²) in [4.78, 5) is 17.4. The van der Waals surface area contributed by atoms with E-state index in [-0.39, 0.29) is 18.1 Å². The van der Waals surface area contributed by atoms with Gasteiger partial charge in [0, 0.05) is 5.56 Å². The van der Waals surface area contributed by atoms with Gasteiger partial charge in [-0.3, -0.25) is 9.69 Å². The molecule has 2 aromatic rings. The minimum absolute atomic E-state index is 0.00417. The van der Waals surface area contributed by atoms with Crippen molar-refractivity contribution in [2.75, 3.05) is 13.1 Å². The molecular formula is C20H24N2O. The van der Waals surface area contributed by atoms with Crippen LogP contribution in [0.15, 0.2) is 54.6 Å². The van der Waals surface area contributed by atoms with Crippen LogP contribution < -0.4 is 0 Å². The quantitative estimate of drug-likeness (QED) is 0.836. The maximum atomic E-state index is 13.1. The van der Waals surface area contributed by atoms with Gasteiger partial charge >= 0.3 is 0 Å². The number of hydrogen-bond acceptors (Lipinski definition) is 2. The van der Waals surface area contributed by atoms with E-state index < -0.39 is 0 Å². The first-order valence-electron chi connectivity index (χ1n) is 8.39. The first kappa shape index (κ1) is 15.8. The Labute approximate surface area is 138 Å². The molecule has 1 heterocycles. The third kappa shape index (κ3) is 2.66. The zero-order chi connectivity index (χ0) is 16.4. The first-order valence-corrected chi connectivity index (χ1v) is 8.39. The van der Waals surface area contributed by atoms with Crippen LogP contribution in [0.25, 0.3) is 0 Å². The molecule has 0 aliphatic carbocycles. The number of amides is 1. The molecule has 3 nitrogen and oxygen atoms in total. The second-order valence-corrected chi connectivity index (χ2v) is 5.97. The Kier molecular flexibility index (Phi) is 4.49. The highest BCUT2D eigenvalue weighted by Gasteiger charge is 2.41. The fourth-order valence-corrected chi connectivity index (χ4v) is 3.63. The average molecular weight is 308 g/mol. The summed E-state index contributed by atoms with van der Waals surface area (Å²) in [6.45, 7) is 8.28. The number of carbonyl (C=O) groups excluding carboxylic acids is 1. The van der Waals surface area contributed by atoms with Gasteiger partial charge in [0.15, 0.2) is 0 Å². The van der Waals surface area contributed by atoms with Crippen LogP contribution in [0.2, 0.25) is 0 Å². The van der Waals surface area contributed by atoms with Gasteiger partial charge in [-0.15, -0.1) is 0 Å². The lowest BCUT2D eigenvalue weighted by Gasteiger charge is -2.38. The predicted octanol–water partition coefficient (Wildman–Crippen LogP) is 3.92. The van der Waals surface area contributed by atoms with Crippen molar-refractivity contribution in [3.63, 3.8) is 0 Å². The molecule has 23 heavy (non-hydrogen) atoms. The molecule has 2 aromatic carbocycles. The normalized spacial score (nSPS) is 18.3. The summed E-state index contributed by atoms with van der Waals surface area (Å²) in [5, 5.41) is 0. The van der Waals surface area contributed by atoms with E-state index in [2.05, 4.69) is 43.9 Å². The highest BCUT2D eigenvalue weighted by molar-refractivity contribution is 6.00. The SMILES string of the molecule is CCN(CC)C(C)N1C(=O)c2ccccc2C1c1ccccc1. The van der Waals surface area contributed by atoms with Gasteiger partial charge in [-0.1, -0.05) is 62.4 Å². The van der Waals surface area contributed by atoms with E-state index in [9.17, 15) is 4.79 Å². The molecule has 2 atom stereocenters. The van der Waals surface area contributed by atoms with Crippen molar-refractivity contribution in [2.45, 2.75) is 33.0 Å². The molecule has 0 aromatic heterocycles. The van der Waals surface area contributed by atoms with Crippen LogP contribution in [-0.4, -0.2) is 35.0 Å². The van der Waals surface area contributed by atoms with E-state index in [1.54, 1.807) is 0 Å². The minimum Gasteiger partial charge on any atom is -0.312 e. The molecule has 0 N–H and O–H groups in total. The van der Waals surface area contributed by atoms with Crippen LogP contribution in [0.3, 0.4) is 0 Å². The molecule has 1 aliphatic rings. The smallest absolute Gasteiger partial charge is 0.256 e. The lowest BCUT2D eigenvalue weighted by atomic mass is 9.98. The van der Waals surface area contributed by atoms with Crippen molar-refractivity contribution >= 4 is 5.91 Å². The Bertz CT molecular complexity index is 679. The zero-order valence-corrected chi connectivity index (χ0v) is 14.1. The fourth-order valence-electron chi connectivity index (χ4n) is 3.63. The van der Waals surface area contributed by atoms with E-state index in [4.69, 9.17) is 0 Å². The molecule has 1 amide bonds. The largest absolute Gasteiger partial charge is 0.312 e. The molecular weight excluding hydrogens is 284 g/mol. The maximum absolute atomic E-state index is 13.1. The van der Waals surface area contributed by atoms with Gasteiger partial charge in [0.05, 0.1) is 12.2 Å². The summed E-state index contributed by atoms with van der Waals surface area (Å²) in [5.74, 6) is 0.133. The van der Waals surface area contributed by atoms with Crippen molar-refractivity contribution in [3.8, 4) is 0 Å². The van der Waals surface area contributed by atoms with E-state index in [0.29, 0.717) is 0 Å². The summed E-state index contributed by atoms with van der Waals surface area (Å²) in [6, 6.07) is 18.3. The summed E-state index contributed by atoms with van der Waals surface area (Å²) >= 11 is 0. The standard InChI is InChI=1S/C20H24N2O/c1-4-21(5-2)15(3)22-19(16-11-7-6-8-12-16)17-13-9-10-14-18(17)20(22)23/h6-15,19H,4-5H2,1-3H3. The van der Waals surface area contributed by atoms with Gasteiger partial charge in [0.25, 0.3) is 5.91 Å². The van der Waals surface area contributed by atoms with Crippen LogP contribution in [0, 0.1) is 0 Å². The molecule has 2 unspecified atom stereocenters. The Morgan fingerprint density at radius 3 is 2.26 bits per heavy atom. The molecule has 0 saturated heterocycles. The number of hydrogen-bond donors (Lipinski definition) is 0. The molecule has 1 aliphatic heterocycles. The number of rotatable bonds is 5. The van der Waals surface area contributed by atoms with E-state index >= 15 is 0 Å². The second kappa shape index (κ2) is 6.55. The molecule has 0 spiro atoms. The highest BCUT2D eigenvalue weighted by Crippen LogP contribution is 2.40. The van der Waals surface area contributed by atoms with Crippen LogP contribution >= 0.6 is 0 Å². The van der Waals surface area contributed by atoms with Gasteiger partial charge < -0.3 is 4.90 Å². The monoisotopic (exact) mass is 308 g/mol. The van der Waals surface area contributed by atoms with Gasteiger partial charge in [0.2, 0.25) is 0 Å².